The van der Waals surface area contributed by atoms with Crippen molar-refractivity contribution in [3.63, 3.8) is 0 Å². The molecule has 0 N–H and O–H groups in total. The minimum absolute atomic E-state index is 0.192. The van der Waals surface area contributed by atoms with Crippen LogP contribution in [0, 0.1) is 0 Å². The summed E-state index contributed by atoms with van der Waals surface area (Å²) in [6.07, 6.45) is 5.75. The van der Waals surface area contributed by atoms with E-state index in [1.54, 1.807) is 0 Å². The van der Waals surface area contributed by atoms with Crippen LogP contribution in [-0.4, -0.2) is 42.5 Å². The van der Waals surface area contributed by atoms with Gasteiger partial charge in [-0.25, -0.2) is 4.79 Å². The number of hydrogen-bond donors (Lipinski definition) is 0. The third kappa shape index (κ3) is 4.27. The van der Waals surface area contributed by atoms with Crippen LogP contribution in [-0.2, 0) is 6.42 Å². The van der Waals surface area contributed by atoms with Gasteiger partial charge in [0.1, 0.15) is 0 Å². The third-order valence-corrected chi connectivity index (χ3v) is 3.78. The number of amides is 2. The molecule has 0 saturated carbocycles. The highest BCUT2D eigenvalue weighted by Crippen LogP contribution is 2.11. The first-order valence-electron chi connectivity index (χ1n) is 7.31. The normalized spacial score (nSPS) is 15.9. The zero-order valence-corrected chi connectivity index (χ0v) is 11.8. The van der Waals surface area contributed by atoms with E-state index >= 15 is 0 Å². The number of likely N-dealkylation sites (N-methyl/N-ethyl adjacent to an activating group) is 1. The second-order valence-electron chi connectivity index (χ2n) is 5.34. The van der Waals surface area contributed by atoms with Crippen molar-refractivity contribution in [2.24, 2.45) is 0 Å². The molecule has 104 valence electrons. The second-order valence-corrected chi connectivity index (χ2v) is 5.34. The van der Waals surface area contributed by atoms with Gasteiger partial charge >= 0.3 is 6.03 Å². The van der Waals surface area contributed by atoms with Crippen molar-refractivity contribution in [2.45, 2.75) is 32.1 Å². The molecule has 19 heavy (non-hydrogen) atoms. The summed E-state index contributed by atoms with van der Waals surface area (Å²) in [6.45, 7) is 2.64. The Kier molecular flexibility index (Phi) is 5.25. The topological polar surface area (TPSA) is 23.6 Å². The number of hydrogen-bond acceptors (Lipinski definition) is 1. The van der Waals surface area contributed by atoms with Crippen LogP contribution in [0.5, 0.6) is 0 Å². The van der Waals surface area contributed by atoms with Gasteiger partial charge in [0, 0.05) is 26.7 Å². The third-order valence-electron chi connectivity index (χ3n) is 3.78. The van der Waals surface area contributed by atoms with Crippen LogP contribution in [0.2, 0.25) is 0 Å². The first-order chi connectivity index (χ1) is 9.27. The first-order valence-corrected chi connectivity index (χ1v) is 7.31. The van der Waals surface area contributed by atoms with Crippen molar-refractivity contribution in [3.05, 3.63) is 35.9 Å². The van der Waals surface area contributed by atoms with E-state index in [4.69, 9.17) is 0 Å². The van der Waals surface area contributed by atoms with Crippen LogP contribution < -0.4 is 0 Å². The molecule has 0 aromatic heterocycles. The summed E-state index contributed by atoms with van der Waals surface area (Å²) in [4.78, 5) is 16.2. The summed E-state index contributed by atoms with van der Waals surface area (Å²) in [5.41, 5.74) is 1.29. The van der Waals surface area contributed by atoms with Gasteiger partial charge in [-0.1, -0.05) is 43.2 Å². The molecule has 3 heteroatoms. The Morgan fingerprint density at radius 3 is 2.37 bits per heavy atom. The number of urea groups is 1. The van der Waals surface area contributed by atoms with Crippen molar-refractivity contribution in [2.75, 3.05) is 26.7 Å². The lowest BCUT2D eigenvalue weighted by atomic mass is 10.1. The van der Waals surface area contributed by atoms with E-state index in [0.717, 1.165) is 38.9 Å². The molecule has 0 spiro atoms. The summed E-state index contributed by atoms with van der Waals surface area (Å²) in [6, 6.07) is 10.5. The van der Waals surface area contributed by atoms with E-state index in [1.807, 2.05) is 35.0 Å². The number of nitrogens with zero attached hydrogens (tertiary/aromatic N) is 2. The van der Waals surface area contributed by atoms with Gasteiger partial charge in [-0.2, -0.15) is 0 Å². The quantitative estimate of drug-likeness (QED) is 0.819. The Hall–Kier alpha value is -1.51. The lowest BCUT2D eigenvalue weighted by molar-refractivity contribution is 0.165. The lowest BCUT2D eigenvalue weighted by Gasteiger charge is -2.27. The lowest BCUT2D eigenvalue weighted by Crippen LogP contribution is -2.42. The average Bonchev–Trinajstić information content (AvgIpc) is 2.74. The van der Waals surface area contributed by atoms with Crippen LogP contribution in [0.25, 0.3) is 0 Å². The van der Waals surface area contributed by atoms with E-state index in [0.29, 0.717) is 0 Å². The molecule has 2 amide bonds. The Balaban J connectivity index is 1.81. The molecular formula is C16H24N2O. The predicted octanol–water partition coefficient (Wildman–Crippen LogP) is 3.16. The fourth-order valence-corrected chi connectivity index (χ4v) is 2.54. The number of benzene rings is 1. The van der Waals surface area contributed by atoms with Crippen molar-refractivity contribution in [1.29, 1.82) is 0 Å². The predicted molar refractivity (Wildman–Crippen MR) is 78.2 cm³/mol. The van der Waals surface area contributed by atoms with Crippen LogP contribution >= 0.6 is 0 Å². The van der Waals surface area contributed by atoms with E-state index in [2.05, 4.69) is 12.1 Å². The summed E-state index contributed by atoms with van der Waals surface area (Å²) >= 11 is 0. The molecule has 1 aliphatic rings. The van der Waals surface area contributed by atoms with Gasteiger partial charge in [0.05, 0.1) is 0 Å². The van der Waals surface area contributed by atoms with Gasteiger partial charge in [0.25, 0.3) is 0 Å². The highest BCUT2D eigenvalue weighted by atomic mass is 16.2. The van der Waals surface area contributed by atoms with Gasteiger partial charge in [0.15, 0.2) is 0 Å². The molecule has 1 heterocycles. The highest BCUT2D eigenvalue weighted by molar-refractivity contribution is 5.74. The van der Waals surface area contributed by atoms with E-state index in [-0.39, 0.29) is 6.03 Å². The Morgan fingerprint density at radius 1 is 1.11 bits per heavy atom. The van der Waals surface area contributed by atoms with Gasteiger partial charge < -0.3 is 9.80 Å². The maximum Gasteiger partial charge on any atom is 0.319 e. The van der Waals surface area contributed by atoms with Crippen LogP contribution in [0.4, 0.5) is 4.79 Å². The Labute approximate surface area is 116 Å². The Bertz CT molecular complexity index is 383. The molecule has 1 fully saturated rings. The molecule has 1 aromatic carbocycles. The zero-order chi connectivity index (χ0) is 13.5. The molecule has 2 rings (SSSR count). The highest BCUT2D eigenvalue weighted by Gasteiger charge is 2.18. The zero-order valence-electron chi connectivity index (χ0n) is 11.8. The van der Waals surface area contributed by atoms with Crippen molar-refractivity contribution < 1.29 is 4.79 Å². The van der Waals surface area contributed by atoms with Gasteiger partial charge in [-0.3, -0.25) is 0 Å². The van der Waals surface area contributed by atoms with Crippen molar-refractivity contribution in [3.8, 4) is 0 Å². The van der Waals surface area contributed by atoms with E-state index in [9.17, 15) is 4.79 Å². The monoisotopic (exact) mass is 260 g/mol. The minimum Gasteiger partial charge on any atom is -0.327 e. The smallest absolute Gasteiger partial charge is 0.319 e. The van der Waals surface area contributed by atoms with Gasteiger partial charge in [0.2, 0.25) is 0 Å². The van der Waals surface area contributed by atoms with E-state index < -0.39 is 0 Å². The number of carbonyl (C=O) groups is 1. The Morgan fingerprint density at radius 2 is 1.74 bits per heavy atom. The molecule has 0 atom stereocenters. The number of likely N-dealkylation sites (tertiary alicyclic amines) is 1. The fourth-order valence-electron chi connectivity index (χ4n) is 2.54. The molecule has 0 radical (unpaired) electrons. The van der Waals surface area contributed by atoms with Crippen molar-refractivity contribution >= 4 is 6.03 Å². The SMILES string of the molecule is CN(CCc1ccccc1)C(=O)N1CCCCCC1. The molecule has 1 saturated heterocycles. The molecule has 3 nitrogen and oxygen atoms in total. The number of carbonyl (C=O) groups excluding carboxylic acids is 1. The molecule has 1 aromatic rings. The van der Waals surface area contributed by atoms with E-state index in [1.165, 1.54) is 18.4 Å². The maximum atomic E-state index is 12.3. The summed E-state index contributed by atoms with van der Waals surface area (Å²) in [5.74, 6) is 0. The van der Waals surface area contributed by atoms with Crippen LogP contribution in [0.15, 0.2) is 30.3 Å². The molecule has 1 aliphatic heterocycles. The molecule has 0 unspecified atom stereocenters. The molecular weight excluding hydrogens is 236 g/mol. The van der Waals surface area contributed by atoms with Gasteiger partial charge in [-0.05, 0) is 24.8 Å². The summed E-state index contributed by atoms with van der Waals surface area (Å²) < 4.78 is 0. The summed E-state index contributed by atoms with van der Waals surface area (Å²) in [7, 11) is 1.91. The van der Waals surface area contributed by atoms with Crippen LogP contribution in [0.3, 0.4) is 0 Å². The fraction of sp³-hybridized carbons (Fsp3) is 0.562. The summed E-state index contributed by atoms with van der Waals surface area (Å²) in [5, 5.41) is 0. The maximum absolute atomic E-state index is 12.3. The first kappa shape index (κ1) is 13.9. The van der Waals surface area contributed by atoms with Gasteiger partial charge in [-0.15, -0.1) is 0 Å². The average molecular weight is 260 g/mol. The molecule has 0 aliphatic carbocycles. The van der Waals surface area contributed by atoms with Crippen molar-refractivity contribution in [1.82, 2.24) is 9.80 Å². The largest absolute Gasteiger partial charge is 0.327 e. The number of rotatable bonds is 3. The molecule has 0 bridgehead atoms. The second kappa shape index (κ2) is 7.17. The standard InChI is InChI=1S/C16H24N2O/c1-17(14-11-15-9-5-4-6-10-15)16(19)18-12-7-2-3-8-13-18/h4-6,9-10H,2-3,7-8,11-14H2,1H3. The minimum atomic E-state index is 0.192. The van der Waals surface area contributed by atoms with Crippen LogP contribution in [0.1, 0.15) is 31.2 Å².